The third kappa shape index (κ3) is 4.73. The zero-order valence-corrected chi connectivity index (χ0v) is 19.9. The van der Waals surface area contributed by atoms with Crippen LogP contribution in [0.4, 0.5) is 5.69 Å². The van der Waals surface area contributed by atoms with Gasteiger partial charge < -0.3 is 10.1 Å². The van der Waals surface area contributed by atoms with Gasteiger partial charge in [0.05, 0.1) is 23.7 Å². The molecule has 172 valence electrons. The number of hydrogen-bond acceptors (Lipinski definition) is 4. The molecule has 3 aromatic carbocycles. The van der Waals surface area contributed by atoms with Crippen molar-refractivity contribution >= 4 is 21.6 Å². The van der Waals surface area contributed by atoms with Gasteiger partial charge >= 0.3 is 0 Å². The molecule has 0 aromatic heterocycles. The number of ether oxygens (including phenoxy) is 1. The Bertz CT molecular complexity index is 1250. The number of nitrogens with zero attached hydrogens (tertiary/aromatic N) is 1. The number of rotatable bonds is 7. The van der Waals surface area contributed by atoms with Crippen molar-refractivity contribution in [3.8, 4) is 5.75 Å². The van der Waals surface area contributed by atoms with Crippen molar-refractivity contribution in [2.45, 2.75) is 37.1 Å². The molecule has 0 spiro atoms. The van der Waals surface area contributed by atoms with E-state index < -0.39 is 10.0 Å². The zero-order chi connectivity index (χ0) is 23.6. The average molecular weight is 465 g/mol. The lowest BCUT2D eigenvalue weighted by Gasteiger charge is -2.20. The summed E-state index contributed by atoms with van der Waals surface area (Å²) in [5.74, 6) is 0.385. The predicted molar refractivity (Wildman–Crippen MR) is 129 cm³/mol. The van der Waals surface area contributed by atoms with Gasteiger partial charge in [0, 0.05) is 12.6 Å². The van der Waals surface area contributed by atoms with Crippen molar-refractivity contribution in [3.05, 3.63) is 89.0 Å². The topological polar surface area (TPSA) is 75.7 Å². The first-order valence-electron chi connectivity index (χ1n) is 10.9. The molecule has 3 aromatic rings. The summed E-state index contributed by atoms with van der Waals surface area (Å²) in [5.41, 5.74) is 4.81. The number of fused-ring (bicyclic) bond motifs is 1. The second-order valence-electron chi connectivity index (χ2n) is 8.27. The van der Waals surface area contributed by atoms with Gasteiger partial charge in [-0.25, -0.2) is 8.42 Å². The molecule has 7 heteroatoms. The van der Waals surface area contributed by atoms with Gasteiger partial charge in [-0.2, -0.15) is 0 Å². The maximum atomic E-state index is 12.9. The number of nitrogens with one attached hydrogen (secondary N) is 1. The van der Waals surface area contributed by atoms with Gasteiger partial charge in [0.2, 0.25) is 0 Å². The standard InChI is InChI=1S/C26H28N2O4S/c1-18(21-8-7-19-5-4-6-22(19)17-21)27-26(29)20-9-11-23(12-10-20)28(2)33(30,31)25-15-13-24(32-3)14-16-25/h7-18H,4-6H2,1-3H3,(H,27,29)/t18-/m1/s1. The number of carbonyl (C=O) groups excluding carboxylic acids is 1. The highest BCUT2D eigenvalue weighted by molar-refractivity contribution is 7.92. The minimum Gasteiger partial charge on any atom is -0.497 e. The highest BCUT2D eigenvalue weighted by Gasteiger charge is 2.22. The molecule has 0 unspecified atom stereocenters. The van der Waals surface area contributed by atoms with E-state index in [-0.39, 0.29) is 16.8 Å². The second kappa shape index (κ2) is 9.27. The van der Waals surface area contributed by atoms with E-state index in [1.165, 1.54) is 48.1 Å². The van der Waals surface area contributed by atoms with Crippen molar-refractivity contribution in [3.63, 3.8) is 0 Å². The molecular weight excluding hydrogens is 436 g/mol. The molecule has 0 saturated heterocycles. The molecule has 1 atom stereocenters. The van der Waals surface area contributed by atoms with E-state index in [4.69, 9.17) is 4.74 Å². The molecule has 1 N–H and O–H groups in total. The van der Waals surface area contributed by atoms with Gasteiger partial charge in [-0.15, -0.1) is 0 Å². The molecule has 1 amide bonds. The highest BCUT2D eigenvalue weighted by atomic mass is 32.2. The van der Waals surface area contributed by atoms with Gasteiger partial charge in [0.1, 0.15) is 5.75 Å². The summed E-state index contributed by atoms with van der Waals surface area (Å²) in [6.45, 7) is 1.97. The number of aryl methyl sites for hydroxylation is 2. The van der Waals surface area contributed by atoms with Crippen LogP contribution in [0.3, 0.4) is 0 Å². The Kier molecular flexibility index (Phi) is 6.42. The van der Waals surface area contributed by atoms with Crippen LogP contribution in [0.15, 0.2) is 71.6 Å². The first-order chi connectivity index (χ1) is 15.8. The van der Waals surface area contributed by atoms with Crippen LogP contribution in [-0.4, -0.2) is 28.5 Å². The minimum atomic E-state index is -3.73. The van der Waals surface area contributed by atoms with Crippen molar-refractivity contribution < 1.29 is 17.9 Å². The predicted octanol–water partition coefficient (Wildman–Crippen LogP) is 4.50. The molecule has 0 radical (unpaired) electrons. The number of sulfonamides is 1. The molecule has 0 saturated carbocycles. The number of hydrogen-bond donors (Lipinski definition) is 1. The molecule has 0 bridgehead atoms. The molecule has 33 heavy (non-hydrogen) atoms. The number of amides is 1. The zero-order valence-electron chi connectivity index (χ0n) is 19.0. The van der Waals surface area contributed by atoms with E-state index in [9.17, 15) is 13.2 Å². The fraction of sp³-hybridized carbons (Fsp3) is 0.269. The van der Waals surface area contributed by atoms with Crippen LogP contribution >= 0.6 is 0 Å². The number of anilines is 1. The average Bonchev–Trinajstić information content (AvgIpc) is 3.31. The summed E-state index contributed by atoms with van der Waals surface area (Å²) in [6.07, 6.45) is 3.41. The molecular formula is C26H28N2O4S. The van der Waals surface area contributed by atoms with E-state index >= 15 is 0 Å². The Balaban J connectivity index is 1.45. The summed E-state index contributed by atoms with van der Waals surface area (Å²) < 4.78 is 32.2. The summed E-state index contributed by atoms with van der Waals surface area (Å²) in [6, 6.07) is 19.1. The summed E-state index contributed by atoms with van der Waals surface area (Å²) in [4.78, 5) is 12.9. The van der Waals surface area contributed by atoms with Crippen LogP contribution in [0.2, 0.25) is 0 Å². The first-order valence-corrected chi connectivity index (χ1v) is 12.4. The first kappa shape index (κ1) is 22.9. The second-order valence-corrected chi connectivity index (χ2v) is 10.2. The highest BCUT2D eigenvalue weighted by Crippen LogP contribution is 2.26. The maximum Gasteiger partial charge on any atom is 0.264 e. The maximum absolute atomic E-state index is 12.9. The number of methoxy groups -OCH3 is 1. The summed E-state index contributed by atoms with van der Waals surface area (Å²) in [5, 5.41) is 3.04. The molecule has 6 nitrogen and oxygen atoms in total. The van der Waals surface area contributed by atoms with E-state index in [1.807, 2.05) is 6.92 Å². The number of carbonyl (C=O) groups is 1. The molecule has 0 aliphatic heterocycles. The molecule has 0 heterocycles. The lowest BCUT2D eigenvalue weighted by Crippen LogP contribution is -2.28. The fourth-order valence-electron chi connectivity index (χ4n) is 4.09. The minimum absolute atomic E-state index is 0.124. The van der Waals surface area contributed by atoms with Gasteiger partial charge in [-0.3, -0.25) is 9.10 Å². The third-order valence-corrected chi connectivity index (χ3v) is 7.98. The van der Waals surface area contributed by atoms with Crippen LogP contribution in [0, 0.1) is 0 Å². The molecule has 0 fully saturated rings. The van der Waals surface area contributed by atoms with Crippen LogP contribution in [0.5, 0.6) is 5.75 Å². The van der Waals surface area contributed by atoms with Gasteiger partial charge in [-0.1, -0.05) is 18.2 Å². The Morgan fingerprint density at radius 2 is 1.64 bits per heavy atom. The quantitative estimate of drug-likeness (QED) is 0.559. The van der Waals surface area contributed by atoms with Crippen LogP contribution < -0.4 is 14.4 Å². The Morgan fingerprint density at radius 1 is 0.970 bits per heavy atom. The number of benzene rings is 3. The fourth-order valence-corrected chi connectivity index (χ4v) is 5.29. The molecule has 1 aliphatic carbocycles. The van der Waals surface area contributed by atoms with Gasteiger partial charge in [0.25, 0.3) is 15.9 Å². The molecule has 1 aliphatic rings. The van der Waals surface area contributed by atoms with Crippen molar-refractivity contribution in [2.75, 3.05) is 18.5 Å². The summed E-state index contributed by atoms with van der Waals surface area (Å²) in [7, 11) is -0.715. The Hall–Kier alpha value is -3.32. The third-order valence-electron chi connectivity index (χ3n) is 6.18. The smallest absolute Gasteiger partial charge is 0.264 e. The van der Waals surface area contributed by atoms with Gasteiger partial charge in [0.15, 0.2) is 0 Å². The van der Waals surface area contributed by atoms with Gasteiger partial charge in [-0.05, 0) is 91.4 Å². The Morgan fingerprint density at radius 3 is 2.30 bits per heavy atom. The molecule has 4 rings (SSSR count). The SMILES string of the molecule is COc1ccc(S(=O)(=O)N(C)c2ccc(C(=O)N[C@H](C)c3ccc4c(c3)CCC4)cc2)cc1. The van der Waals surface area contributed by atoms with E-state index in [1.54, 1.807) is 36.4 Å². The normalized spacial score (nSPS) is 13.8. The van der Waals surface area contributed by atoms with Crippen LogP contribution in [0.1, 0.15) is 46.4 Å². The van der Waals surface area contributed by atoms with Crippen molar-refractivity contribution in [1.82, 2.24) is 5.32 Å². The lowest BCUT2D eigenvalue weighted by atomic mass is 10.0. The Labute approximate surface area is 195 Å². The van der Waals surface area contributed by atoms with E-state index in [2.05, 4.69) is 23.5 Å². The lowest BCUT2D eigenvalue weighted by molar-refractivity contribution is 0.0940. The van der Waals surface area contributed by atoms with Crippen LogP contribution in [0.25, 0.3) is 0 Å². The van der Waals surface area contributed by atoms with E-state index in [0.29, 0.717) is 17.0 Å². The monoisotopic (exact) mass is 464 g/mol. The summed E-state index contributed by atoms with van der Waals surface area (Å²) >= 11 is 0. The van der Waals surface area contributed by atoms with Crippen molar-refractivity contribution in [1.29, 1.82) is 0 Å². The van der Waals surface area contributed by atoms with Crippen LogP contribution in [-0.2, 0) is 22.9 Å². The van der Waals surface area contributed by atoms with E-state index in [0.717, 1.165) is 18.4 Å². The van der Waals surface area contributed by atoms with Crippen molar-refractivity contribution in [2.24, 2.45) is 0 Å². The largest absolute Gasteiger partial charge is 0.497 e.